The standard InChI is InChI=1S/C24H26N6O3/c1-14-16(10-22(31)27-14)9-17-13-26-30-21(28-18-7-8-18)11-20(29-24(17)30)25-12-15-5-4-6-19(32-2)23(15)33-3/h4-6,9,11,13,18,28H,1,7-8,10,12H2,2-3H3,(H,25,29)(H,27,31)/b16-9+. The van der Waals surface area contributed by atoms with Crippen LogP contribution in [0.2, 0.25) is 0 Å². The maximum Gasteiger partial charge on any atom is 0.228 e. The molecule has 1 saturated heterocycles. The van der Waals surface area contributed by atoms with Crippen molar-refractivity contribution in [3.8, 4) is 11.5 Å². The second-order valence-corrected chi connectivity index (χ2v) is 8.16. The number of ether oxygens (including phenoxy) is 2. The number of carbonyl (C=O) groups excluding carboxylic acids is 1. The average molecular weight is 447 g/mol. The van der Waals surface area contributed by atoms with Crippen molar-refractivity contribution in [3.05, 3.63) is 59.4 Å². The molecule has 1 aliphatic heterocycles. The van der Waals surface area contributed by atoms with Gasteiger partial charge in [-0.2, -0.15) is 9.61 Å². The van der Waals surface area contributed by atoms with Gasteiger partial charge in [0, 0.05) is 35.5 Å². The van der Waals surface area contributed by atoms with E-state index in [0.29, 0.717) is 47.7 Å². The van der Waals surface area contributed by atoms with Crippen molar-refractivity contribution in [2.24, 2.45) is 0 Å². The highest BCUT2D eigenvalue weighted by Gasteiger charge is 2.24. The van der Waals surface area contributed by atoms with Gasteiger partial charge in [0.2, 0.25) is 5.91 Å². The molecule has 3 heterocycles. The number of benzene rings is 1. The van der Waals surface area contributed by atoms with Crippen molar-refractivity contribution in [1.29, 1.82) is 0 Å². The van der Waals surface area contributed by atoms with Crippen LogP contribution >= 0.6 is 0 Å². The van der Waals surface area contributed by atoms with E-state index in [1.54, 1.807) is 24.9 Å². The van der Waals surface area contributed by atoms with Crippen LogP contribution in [0.4, 0.5) is 11.6 Å². The highest BCUT2D eigenvalue weighted by Crippen LogP contribution is 2.32. The highest BCUT2D eigenvalue weighted by atomic mass is 16.5. The fourth-order valence-corrected chi connectivity index (χ4v) is 3.89. The number of aromatic nitrogens is 3. The largest absolute Gasteiger partial charge is 0.493 e. The van der Waals surface area contributed by atoms with Crippen LogP contribution in [0.1, 0.15) is 30.4 Å². The summed E-state index contributed by atoms with van der Waals surface area (Å²) in [6.45, 7) is 4.43. The summed E-state index contributed by atoms with van der Waals surface area (Å²) < 4.78 is 12.8. The van der Waals surface area contributed by atoms with Gasteiger partial charge in [-0.3, -0.25) is 4.79 Å². The van der Waals surface area contributed by atoms with Gasteiger partial charge in [0.1, 0.15) is 11.6 Å². The summed E-state index contributed by atoms with van der Waals surface area (Å²) in [7, 11) is 3.25. The average Bonchev–Trinajstić information content (AvgIpc) is 3.45. The van der Waals surface area contributed by atoms with E-state index < -0.39 is 0 Å². The van der Waals surface area contributed by atoms with Gasteiger partial charge in [0.05, 0.1) is 26.8 Å². The van der Waals surface area contributed by atoms with E-state index in [0.717, 1.165) is 35.4 Å². The van der Waals surface area contributed by atoms with Gasteiger partial charge in [-0.05, 0) is 30.6 Å². The van der Waals surface area contributed by atoms with Crippen LogP contribution in [0.15, 0.2) is 48.3 Å². The molecule has 1 saturated carbocycles. The van der Waals surface area contributed by atoms with Gasteiger partial charge >= 0.3 is 0 Å². The molecule has 0 unspecified atom stereocenters. The molecule has 1 aromatic carbocycles. The quantitative estimate of drug-likeness (QED) is 0.488. The molecule has 9 nitrogen and oxygen atoms in total. The van der Waals surface area contributed by atoms with Crippen molar-refractivity contribution in [1.82, 2.24) is 19.9 Å². The minimum absolute atomic E-state index is 0.0543. The molecule has 0 spiro atoms. The SMILES string of the molecule is C=C1NC(=O)C/C1=C\c1cnn2c(NC3CC3)cc(NCc3cccc(OC)c3OC)nc12. The number of nitrogens with one attached hydrogen (secondary N) is 3. The number of allylic oxidation sites excluding steroid dienone is 1. The molecule has 5 rings (SSSR count). The van der Waals surface area contributed by atoms with Crippen LogP contribution in [-0.2, 0) is 11.3 Å². The Labute approximate surface area is 191 Å². The van der Waals surface area contributed by atoms with Crippen molar-refractivity contribution < 1.29 is 14.3 Å². The molecular weight excluding hydrogens is 420 g/mol. The molecule has 0 radical (unpaired) electrons. The summed E-state index contributed by atoms with van der Waals surface area (Å²) in [5.74, 6) is 2.89. The molecule has 33 heavy (non-hydrogen) atoms. The first-order valence-corrected chi connectivity index (χ1v) is 10.8. The first-order valence-electron chi connectivity index (χ1n) is 10.8. The Morgan fingerprint density at radius 3 is 2.85 bits per heavy atom. The Kier molecular flexibility index (Phi) is 5.37. The van der Waals surface area contributed by atoms with E-state index in [4.69, 9.17) is 14.5 Å². The zero-order chi connectivity index (χ0) is 22.9. The summed E-state index contributed by atoms with van der Waals surface area (Å²) in [4.78, 5) is 16.5. The molecule has 0 bridgehead atoms. The molecule has 2 aromatic heterocycles. The van der Waals surface area contributed by atoms with E-state index in [1.807, 2.05) is 30.3 Å². The van der Waals surface area contributed by atoms with Crippen LogP contribution < -0.4 is 25.4 Å². The topological polar surface area (TPSA) is 102 Å². The van der Waals surface area contributed by atoms with E-state index in [2.05, 4.69) is 27.6 Å². The van der Waals surface area contributed by atoms with Crippen molar-refractivity contribution in [2.75, 3.05) is 24.9 Å². The van der Waals surface area contributed by atoms with Crippen molar-refractivity contribution in [2.45, 2.75) is 31.8 Å². The Morgan fingerprint density at radius 2 is 2.15 bits per heavy atom. The summed E-state index contributed by atoms with van der Waals surface area (Å²) >= 11 is 0. The highest BCUT2D eigenvalue weighted by molar-refractivity contribution is 5.89. The van der Waals surface area contributed by atoms with Crippen LogP contribution in [-0.4, -0.2) is 40.8 Å². The number of hydrogen-bond acceptors (Lipinski definition) is 7. The molecule has 3 N–H and O–H groups in total. The third-order valence-corrected chi connectivity index (χ3v) is 5.73. The van der Waals surface area contributed by atoms with Crippen LogP contribution in [0.5, 0.6) is 11.5 Å². The van der Waals surface area contributed by atoms with Crippen LogP contribution in [0.25, 0.3) is 11.7 Å². The van der Waals surface area contributed by atoms with Gasteiger partial charge in [0.15, 0.2) is 17.1 Å². The third-order valence-electron chi connectivity index (χ3n) is 5.73. The summed E-state index contributed by atoms with van der Waals surface area (Å²) in [5, 5.41) is 14.2. The lowest BCUT2D eigenvalue weighted by atomic mass is 10.1. The van der Waals surface area contributed by atoms with E-state index in [-0.39, 0.29) is 5.91 Å². The predicted octanol–water partition coefficient (Wildman–Crippen LogP) is 3.35. The molecule has 2 aliphatic rings. The molecule has 1 amide bonds. The monoisotopic (exact) mass is 446 g/mol. The number of amides is 1. The van der Waals surface area contributed by atoms with Gasteiger partial charge in [0.25, 0.3) is 0 Å². The van der Waals surface area contributed by atoms with Crippen molar-refractivity contribution in [3.63, 3.8) is 0 Å². The summed E-state index contributed by atoms with van der Waals surface area (Å²) in [6, 6.07) is 8.19. The summed E-state index contributed by atoms with van der Waals surface area (Å²) in [5.41, 5.74) is 3.94. The molecule has 2 fully saturated rings. The Morgan fingerprint density at radius 1 is 1.30 bits per heavy atom. The number of anilines is 2. The van der Waals surface area contributed by atoms with Gasteiger partial charge < -0.3 is 25.4 Å². The fraction of sp³-hybridized carbons (Fsp3) is 0.292. The van der Waals surface area contributed by atoms with E-state index in [1.165, 1.54) is 0 Å². The minimum atomic E-state index is -0.0543. The Bertz CT molecular complexity index is 1270. The number of hydrogen-bond donors (Lipinski definition) is 3. The smallest absolute Gasteiger partial charge is 0.228 e. The predicted molar refractivity (Wildman–Crippen MR) is 126 cm³/mol. The van der Waals surface area contributed by atoms with Crippen LogP contribution in [0, 0.1) is 0 Å². The second kappa shape index (κ2) is 8.50. The lowest BCUT2D eigenvalue weighted by Crippen LogP contribution is -2.10. The zero-order valence-corrected chi connectivity index (χ0v) is 18.6. The minimum Gasteiger partial charge on any atom is -0.493 e. The van der Waals surface area contributed by atoms with Gasteiger partial charge in [-0.1, -0.05) is 18.7 Å². The van der Waals surface area contributed by atoms with Crippen LogP contribution in [0.3, 0.4) is 0 Å². The van der Waals surface area contributed by atoms with Crippen molar-refractivity contribution >= 4 is 29.3 Å². The first-order chi connectivity index (χ1) is 16.1. The number of para-hydroxylation sites is 1. The lowest BCUT2D eigenvalue weighted by Gasteiger charge is -2.14. The van der Waals surface area contributed by atoms with E-state index in [9.17, 15) is 4.79 Å². The maximum absolute atomic E-state index is 11.7. The molecule has 0 atom stereocenters. The van der Waals surface area contributed by atoms with Gasteiger partial charge in [-0.15, -0.1) is 0 Å². The number of fused-ring (bicyclic) bond motifs is 1. The number of carbonyl (C=O) groups is 1. The molecular formula is C24H26N6O3. The number of rotatable bonds is 8. The van der Waals surface area contributed by atoms with E-state index >= 15 is 0 Å². The number of nitrogens with zero attached hydrogens (tertiary/aromatic N) is 3. The lowest BCUT2D eigenvalue weighted by molar-refractivity contribution is -0.118. The molecule has 1 aliphatic carbocycles. The normalized spacial score (nSPS) is 16.8. The first kappa shape index (κ1) is 20.9. The molecule has 3 aromatic rings. The zero-order valence-electron chi connectivity index (χ0n) is 18.6. The third kappa shape index (κ3) is 4.21. The fourth-order valence-electron chi connectivity index (χ4n) is 3.89. The second-order valence-electron chi connectivity index (χ2n) is 8.16. The molecule has 170 valence electrons. The molecule has 9 heteroatoms. The summed E-state index contributed by atoms with van der Waals surface area (Å²) in [6.07, 6.45) is 6.26. The maximum atomic E-state index is 11.7. The number of methoxy groups -OCH3 is 2. The Balaban J connectivity index is 1.49. The Hall–Kier alpha value is -4.01. The van der Waals surface area contributed by atoms with Gasteiger partial charge in [-0.25, -0.2) is 4.98 Å².